The molecule has 1 saturated heterocycles. The van der Waals surface area contributed by atoms with Crippen LogP contribution in [0.4, 0.5) is 14.6 Å². The molecular weight excluding hydrogens is 444 g/mol. The van der Waals surface area contributed by atoms with Crippen molar-refractivity contribution >= 4 is 11.8 Å². The summed E-state index contributed by atoms with van der Waals surface area (Å²) < 4.78 is 29.2. The monoisotopic (exact) mass is 463 g/mol. The molecule has 0 radical (unpaired) electrons. The number of carboxylic acids is 1. The molecule has 0 spiro atoms. The van der Waals surface area contributed by atoms with E-state index in [-0.39, 0.29) is 37.3 Å². The summed E-state index contributed by atoms with van der Waals surface area (Å²) in [4.78, 5) is 29.8. The number of alkyl halides is 1. The third-order valence-corrected chi connectivity index (χ3v) is 5.85. The summed E-state index contributed by atoms with van der Waals surface area (Å²) in [5.41, 5.74) is -0.127. The number of carboxylic acid groups (broad SMARTS) is 1. The van der Waals surface area contributed by atoms with Gasteiger partial charge in [0.25, 0.3) is 0 Å². The fourth-order valence-corrected chi connectivity index (χ4v) is 3.84. The zero-order valence-corrected chi connectivity index (χ0v) is 17.8. The molecule has 5 rings (SSSR count). The number of benzene rings is 1. The molecule has 4 aromatic rings. The molecule has 172 valence electrons. The molecular formula is C23H19F2N7O2. The fraction of sp³-hybridized carbons (Fsp3) is 0.217. The molecule has 4 heterocycles. The Morgan fingerprint density at radius 2 is 1.85 bits per heavy atom. The van der Waals surface area contributed by atoms with Gasteiger partial charge in [0.05, 0.1) is 11.8 Å². The number of aliphatic carboxylic acids is 1. The lowest BCUT2D eigenvalue weighted by molar-refractivity contribution is -0.152. The first-order valence-electron chi connectivity index (χ1n) is 10.6. The van der Waals surface area contributed by atoms with E-state index in [1.807, 2.05) is 4.90 Å². The third kappa shape index (κ3) is 4.07. The van der Waals surface area contributed by atoms with Crippen molar-refractivity contribution in [1.29, 1.82) is 0 Å². The second-order valence-electron chi connectivity index (χ2n) is 7.96. The maximum atomic E-state index is 14.9. The van der Waals surface area contributed by atoms with Gasteiger partial charge in [-0.25, -0.2) is 28.5 Å². The molecule has 11 heteroatoms. The number of rotatable bonds is 5. The number of hydrogen-bond donors (Lipinski definition) is 2. The molecule has 0 aliphatic carbocycles. The lowest BCUT2D eigenvalue weighted by atomic mass is 9.93. The number of anilines is 1. The highest BCUT2D eigenvalue weighted by Gasteiger charge is 2.42. The van der Waals surface area contributed by atoms with Crippen LogP contribution in [0.15, 0.2) is 55.1 Å². The molecule has 0 bridgehead atoms. The number of pyridine rings is 1. The Bertz CT molecular complexity index is 1320. The first-order valence-corrected chi connectivity index (χ1v) is 10.6. The van der Waals surface area contributed by atoms with Crippen molar-refractivity contribution in [3.63, 3.8) is 0 Å². The highest BCUT2D eigenvalue weighted by atomic mass is 19.1. The molecule has 1 aliphatic heterocycles. The lowest BCUT2D eigenvalue weighted by Crippen LogP contribution is -2.46. The van der Waals surface area contributed by atoms with E-state index in [4.69, 9.17) is 5.11 Å². The van der Waals surface area contributed by atoms with Crippen molar-refractivity contribution in [2.24, 2.45) is 0 Å². The predicted octanol–water partition coefficient (Wildman–Crippen LogP) is 3.52. The molecule has 0 saturated carbocycles. The number of piperidine rings is 1. The largest absolute Gasteiger partial charge is 0.479 e. The molecule has 0 amide bonds. The van der Waals surface area contributed by atoms with Gasteiger partial charge in [-0.1, -0.05) is 6.07 Å². The zero-order chi connectivity index (χ0) is 23.7. The van der Waals surface area contributed by atoms with Gasteiger partial charge in [-0.3, -0.25) is 10.1 Å². The zero-order valence-electron chi connectivity index (χ0n) is 17.8. The summed E-state index contributed by atoms with van der Waals surface area (Å²) in [5.74, 6) is -0.706. The molecule has 1 aromatic carbocycles. The Morgan fingerprint density at radius 3 is 2.50 bits per heavy atom. The molecule has 34 heavy (non-hydrogen) atoms. The number of nitrogens with one attached hydrogen (secondary N) is 1. The number of carbonyl (C=O) groups is 1. The van der Waals surface area contributed by atoms with Crippen molar-refractivity contribution in [3.8, 4) is 34.0 Å². The van der Waals surface area contributed by atoms with Gasteiger partial charge >= 0.3 is 5.97 Å². The van der Waals surface area contributed by atoms with Crippen LogP contribution in [0.2, 0.25) is 0 Å². The number of nitrogens with zero attached hydrogens (tertiary/aromatic N) is 6. The minimum Gasteiger partial charge on any atom is -0.479 e. The molecule has 1 aliphatic rings. The van der Waals surface area contributed by atoms with E-state index in [0.29, 0.717) is 28.5 Å². The summed E-state index contributed by atoms with van der Waals surface area (Å²) in [6.07, 6.45) is 6.01. The average molecular weight is 463 g/mol. The molecule has 0 unspecified atom stereocenters. The lowest BCUT2D eigenvalue weighted by Gasteiger charge is -2.34. The fourth-order valence-electron chi connectivity index (χ4n) is 3.84. The third-order valence-electron chi connectivity index (χ3n) is 5.85. The Kier molecular flexibility index (Phi) is 5.44. The molecule has 9 nitrogen and oxygen atoms in total. The van der Waals surface area contributed by atoms with E-state index < -0.39 is 17.5 Å². The number of aromatic amines is 1. The Labute approximate surface area is 192 Å². The van der Waals surface area contributed by atoms with Gasteiger partial charge in [0.1, 0.15) is 17.3 Å². The van der Waals surface area contributed by atoms with Gasteiger partial charge in [-0.2, -0.15) is 5.10 Å². The van der Waals surface area contributed by atoms with Crippen LogP contribution in [0.3, 0.4) is 0 Å². The van der Waals surface area contributed by atoms with Crippen molar-refractivity contribution in [3.05, 3.63) is 60.9 Å². The van der Waals surface area contributed by atoms with Crippen LogP contribution in [0.25, 0.3) is 34.0 Å². The van der Waals surface area contributed by atoms with Gasteiger partial charge in [0.15, 0.2) is 11.6 Å². The summed E-state index contributed by atoms with van der Waals surface area (Å²) in [6, 6.07) is 8.29. The van der Waals surface area contributed by atoms with E-state index in [2.05, 4.69) is 30.1 Å². The minimum atomic E-state index is -2.19. The second kappa shape index (κ2) is 8.58. The molecule has 0 atom stereocenters. The topological polar surface area (TPSA) is 121 Å². The van der Waals surface area contributed by atoms with Crippen LogP contribution in [0.1, 0.15) is 12.8 Å². The maximum Gasteiger partial charge on any atom is 0.341 e. The maximum absolute atomic E-state index is 14.9. The second-order valence-corrected chi connectivity index (χ2v) is 7.96. The Hall–Kier alpha value is -4.28. The SMILES string of the molecule is O=C(O)C1(F)CCN(c2ccc(-c3ccc(-c4n[nH]c(-c5cnccn5)n4)c(F)c3)cn2)CC1. The van der Waals surface area contributed by atoms with Crippen LogP contribution >= 0.6 is 0 Å². The standard InChI is InChI=1S/C23H19F2N7O2/c24-17-11-14(1-3-16(17)20-29-21(31-30-20)18-13-26-7-8-27-18)15-2-4-19(28-12-15)32-9-5-23(25,6-10-32)22(33)34/h1-4,7-8,11-13H,5-6,9-10H2,(H,33,34)(H,29,30,31). The van der Waals surface area contributed by atoms with Crippen molar-refractivity contribution < 1.29 is 18.7 Å². The Morgan fingerprint density at radius 1 is 1.06 bits per heavy atom. The molecule has 1 fully saturated rings. The molecule has 2 N–H and O–H groups in total. The van der Waals surface area contributed by atoms with Gasteiger partial charge in [-0.15, -0.1) is 0 Å². The highest BCUT2D eigenvalue weighted by Crippen LogP contribution is 2.31. The summed E-state index contributed by atoms with van der Waals surface area (Å²) in [5, 5.41) is 15.9. The van der Waals surface area contributed by atoms with Gasteiger partial charge < -0.3 is 10.0 Å². The van der Waals surface area contributed by atoms with E-state index in [0.717, 1.165) is 0 Å². The first-order chi connectivity index (χ1) is 16.4. The van der Waals surface area contributed by atoms with E-state index >= 15 is 0 Å². The normalized spacial score (nSPS) is 15.3. The van der Waals surface area contributed by atoms with Crippen LogP contribution in [0, 0.1) is 5.82 Å². The van der Waals surface area contributed by atoms with Gasteiger partial charge in [0, 0.05) is 50.1 Å². The average Bonchev–Trinajstić information content (AvgIpc) is 3.35. The summed E-state index contributed by atoms with van der Waals surface area (Å²) in [6.45, 7) is 0.511. The van der Waals surface area contributed by atoms with E-state index in [9.17, 15) is 13.6 Å². The van der Waals surface area contributed by atoms with Crippen LogP contribution in [-0.2, 0) is 4.79 Å². The van der Waals surface area contributed by atoms with Gasteiger partial charge in [0.2, 0.25) is 5.67 Å². The van der Waals surface area contributed by atoms with Crippen molar-refractivity contribution in [2.75, 3.05) is 18.0 Å². The first kappa shape index (κ1) is 21.6. The number of hydrogen-bond acceptors (Lipinski definition) is 7. The van der Waals surface area contributed by atoms with Crippen LogP contribution in [0.5, 0.6) is 0 Å². The van der Waals surface area contributed by atoms with Crippen LogP contribution < -0.4 is 4.90 Å². The van der Waals surface area contributed by atoms with Crippen LogP contribution in [-0.4, -0.2) is 60.0 Å². The van der Waals surface area contributed by atoms with Crippen molar-refractivity contribution in [2.45, 2.75) is 18.5 Å². The summed E-state index contributed by atoms with van der Waals surface area (Å²) in [7, 11) is 0. The van der Waals surface area contributed by atoms with E-state index in [1.54, 1.807) is 36.7 Å². The number of aromatic nitrogens is 6. The number of halogens is 2. The van der Waals surface area contributed by atoms with E-state index in [1.165, 1.54) is 18.5 Å². The minimum absolute atomic E-state index is 0.0990. The smallest absolute Gasteiger partial charge is 0.341 e. The van der Waals surface area contributed by atoms with Crippen molar-refractivity contribution in [1.82, 2.24) is 30.1 Å². The predicted molar refractivity (Wildman–Crippen MR) is 119 cm³/mol. The number of H-pyrrole nitrogens is 1. The quantitative estimate of drug-likeness (QED) is 0.461. The highest BCUT2D eigenvalue weighted by molar-refractivity contribution is 5.77. The Balaban J connectivity index is 1.31. The van der Waals surface area contributed by atoms with Gasteiger partial charge in [-0.05, 0) is 29.8 Å². The summed E-state index contributed by atoms with van der Waals surface area (Å²) >= 11 is 0. The molecule has 3 aromatic heterocycles.